The van der Waals surface area contributed by atoms with Gasteiger partial charge in [0.25, 0.3) is 10.0 Å². The van der Waals surface area contributed by atoms with Crippen molar-refractivity contribution in [3.05, 3.63) is 53.6 Å². The zero-order valence-corrected chi connectivity index (χ0v) is 11.5. The molecule has 0 aliphatic carbocycles. The molecule has 1 aromatic heterocycles. The molecule has 0 saturated carbocycles. The largest absolute Gasteiger partial charge is 0.392 e. The fraction of sp³-hybridized carbons (Fsp3) is 0.154. The molecule has 0 fully saturated rings. The van der Waals surface area contributed by atoms with Crippen molar-refractivity contribution < 1.29 is 17.9 Å². The van der Waals surface area contributed by atoms with Crippen molar-refractivity contribution in [2.75, 3.05) is 4.72 Å². The number of aliphatic hydroxyl groups is 1. The van der Waals surface area contributed by atoms with E-state index in [1.54, 1.807) is 19.1 Å². The fourth-order valence-electron chi connectivity index (χ4n) is 1.58. The number of hydrogen-bond donors (Lipinski definition) is 2. The molecule has 0 spiro atoms. The van der Waals surface area contributed by atoms with Gasteiger partial charge in [0.2, 0.25) is 0 Å². The molecule has 0 bridgehead atoms. The molecule has 0 aliphatic heterocycles. The van der Waals surface area contributed by atoms with Crippen LogP contribution in [0.5, 0.6) is 0 Å². The molecule has 0 atom stereocenters. The molecule has 0 amide bonds. The Balaban J connectivity index is 2.33. The summed E-state index contributed by atoms with van der Waals surface area (Å²) < 4.78 is 39.8. The Bertz CT molecular complexity index is 715. The average molecular weight is 296 g/mol. The van der Waals surface area contributed by atoms with Crippen molar-refractivity contribution in [3.63, 3.8) is 0 Å². The van der Waals surface area contributed by atoms with E-state index in [4.69, 9.17) is 5.11 Å². The second-order valence-electron chi connectivity index (χ2n) is 4.21. The minimum atomic E-state index is -3.84. The third kappa shape index (κ3) is 3.12. The van der Waals surface area contributed by atoms with Gasteiger partial charge in [-0.05, 0) is 37.3 Å². The fourth-order valence-corrected chi connectivity index (χ4v) is 2.68. The van der Waals surface area contributed by atoms with Gasteiger partial charge in [-0.1, -0.05) is 0 Å². The average Bonchev–Trinajstić information content (AvgIpc) is 2.41. The van der Waals surface area contributed by atoms with Crippen LogP contribution in [-0.4, -0.2) is 18.5 Å². The molecule has 1 heterocycles. The molecule has 0 aliphatic rings. The highest BCUT2D eigenvalue weighted by atomic mass is 32.2. The van der Waals surface area contributed by atoms with Crippen LogP contribution in [0.2, 0.25) is 0 Å². The smallest absolute Gasteiger partial charge is 0.261 e. The predicted octanol–water partition coefficient (Wildman–Crippen LogP) is 1.82. The minimum absolute atomic E-state index is 0.0742. The summed E-state index contributed by atoms with van der Waals surface area (Å²) in [6, 6.07) is 6.49. The van der Waals surface area contributed by atoms with Crippen molar-refractivity contribution in [2.45, 2.75) is 18.4 Å². The predicted molar refractivity (Wildman–Crippen MR) is 72.1 cm³/mol. The van der Waals surface area contributed by atoms with Gasteiger partial charge in [0.15, 0.2) is 0 Å². The molecular formula is C13H13FN2O3S. The number of hydrogen-bond acceptors (Lipinski definition) is 4. The van der Waals surface area contributed by atoms with E-state index in [9.17, 15) is 12.8 Å². The SMILES string of the molecule is Cc1ccc(NS(=O)(=O)c2ccc(F)c(CO)c2)cn1. The number of aromatic nitrogens is 1. The number of aliphatic hydroxyl groups excluding tert-OH is 1. The van der Waals surface area contributed by atoms with Gasteiger partial charge in [0.1, 0.15) is 5.82 Å². The number of anilines is 1. The zero-order valence-electron chi connectivity index (χ0n) is 10.7. The summed E-state index contributed by atoms with van der Waals surface area (Å²) in [6.45, 7) is 1.22. The first kappa shape index (κ1) is 14.4. The lowest BCUT2D eigenvalue weighted by molar-refractivity contribution is 0.275. The lowest BCUT2D eigenvalue weighted by atomic mass is 10.2. The number of nitrogens with one attached hydrogen (secondary N) is 1. The van der Waals surface area contributed by atoms with Gasteiger partial charge in [-0.15, -0.1) is 0 Å². The van der Waals surface area contributed by atoms with Crippen LogP contribution in [0.1, 0.15) is 11.3 Å². The van der Waals surface area contributed by atoms with Crippen molar-refractivity contribution in [1.29, 1.82) is 0 Å². The summed E-state index contributed by atoms with van der Waals surface area (Å²) in [5.74, 6) is -0.650. The van der Waals surface area contributed by atoms with Crippen molar-refractivity contribution in [1.82, 2.24) is 4.98 Å². The number of nitrogens with zero attached hydrogens (tertiary/aromatic N) is 1. The second kappa shape index (κ2) is 5.56. The maximum atomic E-state index is 13.2. The van der Waals surface area contributed by atoms with Gasteiger partial charge in [-0.25, -0.2) is 12.8 Å². The van der Waals surface area contributed by atoms with Gasteiger partial charge < -0.3 is 5.11 Å². The Morgan fingerprint density at radius 3 is 2.65 bits per heavy atom. The van der Waals surface area contributed by atoms with E-state index in [1.165, 1.54) is 6.20 Å². The van der Waals surface area contributed by atoms with Crippen LogP contribution in [0, 0.1) is 12.7 Å². The Hall–Kier alpha value is -1.99. The van der Waals surface area contributed by atoms with E-state index < -0.39 is 22.4 Å². The third-order valence-corrected chi connectivity index (χ3v) is 4.04. The molecule has 2 rings (SSSR count). The quantitative estimate of drug-likeness (QED) is 0.902. The van der Waals surface area contributed by atoms with Crippen LogP contribution in [-0.2, 0) is 16.6 Å². The summed E-state index contributed by atoms with van der Waals surface area (Å²) in [6.07, 6.45) is 1.39. The highest BCUT2D eigenvalue weighted by molar-refractivity contribution is 7.92. The summed E-state index contributed by atoms with van der Waals surface area (Å²) >= 11 is 0. The normalized spacial score (nSPS) is 11.3. The van der Waals surface area contributed by atoms with E-state index in [0.717, 1.165) is 23.9 Å². The van der Waals surface area contributed by atoms with E-state index in [-0.39, 0.29) is 10.5 Å². The molecule has 2 N–H and O–H groups in total. The number of rotatable bonds is 4. The maximum Gasteiger partial charge on any atom is 0.261 e. The third-order valence-electron chi connectivity index (χ3n) is 2.66. The molecule has 5 nitrogen and oxygen atoms in total. The highest BCUT2D eigenvalue weighted by Gasteiger charge is 2.16. The minimum Gasteiger partial charge on any atom is -0.392 e. The molecular weight excluding hydrogens is 283 g/mol. The first-order valence-electron chi connectivity index (χ1n) is 5.77. The van der Waals surface area contributed by atoms with Crippen LogP contribution >= 0.6 is 0 Å². The molecule has 20 heavy (non-hydrogen) atoms. The number of pyridine rings is 1. The van der Waals surface area contributed by atoms with Gasteiger partial charge in [0.05, 0.1) is 23.4 Å². The number of benzene rings is 1. The topological polar surface area (TPSA) is 79.3 Å². The maximum absolute atomic E-state index is 13.2. The lowest BCUT2D eigenvalue weighted by Crippen LogP contribution is -2.13. The van der Waals surface area contributed by atoms with E-state index >= 15 is 0 Å². The van der Waals surface area contributed by atoms with Gasteiger partial charge in [-0.3, -0.25) is 9.71 Å². The summed E-state index contributed by atoms with van der Waals surface area (Å²) in [7, 11) is -3.84. The number of halogens is 1. The van der Waals surface area contributed by atoms with Crippen molar-refractivity contribution in [2.24, 2.45) is 0 Å². The zero-order chi connectivity index (χ0) is 14.8. The molecule has 0 saturated heterocycles. The van der Waals surface area contributed by atoms with Crippen LogP contribution in [0.15, 0.2) is 41.4 Å². The lowest BCUT2D eigenvalue weighted by Gasteiger charge is -2.09. The van der Waals surface area contributed by atoms with Gasteiger partial charge >= 0.3 is 0 Å². The number of aryl methyl sites for hydroxylation is 1. The summed E-state index contributed by atoms with van der Waals surface area (Å²) in [5, 5.41) is 8.96. The Morgan fingerprint density at radius 1 is 1.30 bits per heavy atom. The highest BCUT2D eigenvalue weighted by Crippen LogP contribution is 2.18. The Kier molecular flexibility index (Phi) is 4.01. The van der Waals surface area contributed by atoms with Crippen LogP contribution in [0.4, 0.5) is 10.1 Å². The first-order valence-corrected chi connectivity index (χ1v) is 7.25. The van der Waals surface area contributed by atoms with Gasteiger partial charge in [-0.2, -0.15) is 0 Å². The Labute approximate surface area is 116 Å². The van der Waals surface area contributed by atoms with Gasteiger partial charge in [0, 0.05) is 11.3 Å². The second-order valence-corrected chi connectivity index (χ2v) is 5.89. The molecule has 106 valence electrons. The Morgan fingerprint density at radius 2 is 2.05 bits per heavy atom. The summed E-state index contributed by atoms with van der Waals surface area (Å²) in [5.41, 5.74) is 0.998. The number of sulfonamides is 1. The molecule has 2 aromatic rings. The van der Waals surface area contributed by atoms with E-state index in [2.05, 4.69) is 9.71 Å². The first-order chi connectivity index (χ1) is 9.42. The summed E-state index contributed by atoms with van der Waals surface area (Å²) in [4.78, 5) is 3.86. The van der Waals surface area contributed by atoms with Crippen molar-refractivity contribution in [3.8, 4) is 0 Å². The van der Waals surface area contributed by atoms with Crippen LogP contribution in [0.25, 0.3) is 0 Å². The van der Waals surface area contributed by atoms with Crippen molar-refractivity contribution >= 4 is 15.7 Å². The molecule has 7 heteroatoms. The molecule has 0 unspecified atom stereocenters. The van der Waals surface area contributed by atoms with E-state index in [0.29, 0.717) is 5.69 Å². The molecule has 0 radical (unpaired) electrons. The van der Waals surface area contributed by atoms with Crippen LogP contribution < -0.4 is 4.72 Å². The standard InChI is InChI=1S/C13H13FN2O3S/c1-9-2-3-11(7-15-9)16-20(18,19)12-4-5-13(14)10(6-12)8-17/h2-7,16-17H,8H2,1H3. The monoisotopic (exact) mass is 296 g/mol. The van der Waals surface area contributed by atoms with E-state index in [1.807, 2.05) is 0 Å². The van der Waals surface area contributed by atoms with Crippen LogP contribution in [0.3, 0.4) is 0 Å². The molecule has 1 aromatic carbocycles.